The Morgan fingerprint density at radius 1 is 1.06 bits per heavy atom. The number of rotatable bonds is 2. The zero-order valence-corrected chi connectivity index (χ0v) is 8.79. The van der Waals surface area contributed by atoms with E-state index in [1.54, 1.807) is 24.3 Å². The molecule has 0 aliphatic rings. The van der Waals surface area contributed by atoms with Gasteiger partial charge in [-0.2, -0.15) is 0 Å². The summed E-state index contributed by atoms with van der Waals surface area (Å²) in [5, 5.41) is 8.90. The Morgan fingerprint density at radius 2 is 1.76 bits per heavy atom. The first-order valence-electron chi connectivity index (χ1n) is 4.80. The number of anilines is 2. The molecule has 0 atom stereocenters. The summed E-state index contributed by atoms with van der Waals surface area (Å²) in [5.41, 5.74) is 11.9. The molecule has 0 saturated carbocycles. The van der Waals surface area contributed by atoms with Gasteiger partial charge in [0.05, 0.1) is 17.1 Å². The second-order valence-corrected chi connectivity index (χ2v) is 3.39. The van der Waals surface area contributed by atoms with Crippen LogP contribution in [0.15, 0.2) is 30.3 Å². The number of nitrogens with zero attached hydrogens (tertiary/aromatic N) is 2. The van der Waals surface area contributed by atoms with Crippen molar-refractivity contribution in [2.45, 2.75) is 0 Å². The lowest BCUT2D eigenvalue weighted by atomic mass is 10.2. The number of aromatic carboxylic acids is 1. The summed E-state index contributed by atoms with van der Waals surface area (Å²) in [6, 6.07) is 8.13. The first-order valence-corrected chi connectivity index (χ1v) is 4.80. The molecule has 5 N–H and O–H groups in total. The van der Waals surface area contributed by atoms with Gasteiger partial charge in [-0.25, -0.2) is 14.8 Å². The second kappa shape index (κ2) is 4.09. The fourth-order valence-electron chi connectivity index (χ4n) is 1.38. The molecule has 0 bridgehead atoms. The molecule has 6 heteroatoms. The molecular formula is C11H10N4O2. The molecule has 0 radical (unpaired) electrons. The van der Waals surface area contributed by atoms with Crippen LogP contribution in [-0.2, 0) is 0 Å². The number of carboxylic acid groups (broad SMARTS) is 1. The molecule has 0 aromatic carbocycles. The Hall–Kier alpha value is -2.63. The van der Waals surface area contributed by atoms with Crippen LogP contribution in [0, 0.1) is 0 Å². The molecule has 0 unspecified atom stereocenters. The van der Waals surface area contributed by atoms with E-state index >= 15 is 0 Å². The van der Waals surface area contributed by atoms with Crippen LogP contribution in [0.2, 0.25) is 0 Å². The topological polar surface area (TPSA) is 115 Å². The third-order valence-electron chi connectivity index (χ3n) is 2.16. The monoisotopic (exact) mass is 230 g/mol. The van der Waals surface area contributed by atoms with E-state index in [4.69, 9.17) is 16.6 Å². The molecule has 2 heterocycles. The van der Waals surface area contributed by atoms with Gasteiger partial charge in [0.2, 0.25) is 0 Å². The van der Waals surface area contributed by atoms with Crippen molar-refractivity contribution in [3.63, 3.8) is 0 Å². The zero-order chi connectivity index (χ0) is 12.4. The average Bonchev–Trinajstić information content (AvgIpc) is 2.29. The minimum absolute atomic E-state index is 0.116. The third kappa shape index (κ3) is 2.15. The number of hydrogen-bond donors (Lipinski definition) is 3. The fraction of sp³-hybridized carbons (Fsp3) is 0. The first-order chi connectivity index (χ1) is 8.08. The van der Waals surface area contributed by atoms with Crippen molar-refractivity contribution >= 4 is 17.5 Å². The summed E-state index contributed by atoms with van der Waals surface area (Å²) in [4.78, 5) is 18.9. The Labute approximate surface area is 96.9 Å². The number of hydrogen-bond acceptors (Lipinski definition) is 5. The van der Waals surface area contributed by atoms with Crippen molar-refractivity contribution < 1.29 is 9.90 Å². The second-order valence-electron chi connectivity index (χ2n) is 3.39. The van der Waals surface area contributed by atoms with Gasteiger partial charge < -0.3 is 16.6 Å². The first kappa shape index (κ1) is 10.9. The predicted octanol–water partition coefficient (Wildman–Crippen LogP) is 1.01. The number of pyridine rings is 2. The van der Waals surface area contributed by atoms with E-state index < -0.39 is 5.97 Å². The molecule has 2 aromatic heterocycles. The normalized spacial score (nSPS) is 10.1. The number of nitrogens with two attached hydrogens (primary N) is 2. The van der Waals surface area contributed by atoms with Gasteiger partial charge in [0.15, 0.2) is 5.69 Å². The van der Waals surface area contributed by atoms with Gasteiger partial charge in [-0.3, -0.25) is 0 Å². The highest BCUT2D eigenvalue weighted by Gasteiger charge is 2.12. The lowest BCUT2D eigenvalue weighted by molar-refractivity contribution is 0.0692. The fourth-order valence-corrected chi connectivity index (χ4v) is 1.38. The lowest BCUT2D eigenvalue weighted by Crippen LogP contribution is -2.06. The van der Waals surface area contributed by atoms with Crippen molar-refractivity contribution in [2.24, 2.45) is 0 Å². The van der Waals surface area contributed by atoms with Crippen LogP contribution in [0.25, 0.3) is 11.4 Å². The van der Waals surface area contributed by atoms with Gasteiger partial charge in [0, 0.05) is 0 Å². The Morgan fingerprint density at radius 3 is 2.41 bits per heavy atom. The number of carbonyl (C=O) groups is 1. The van der Waals surface area contributed by atoms with Gasteiger partial charge in [-0.15, -0.1) is 0 Å². The molecule has 0 spiro atoms. The number of carboxylic acids is 1. The van der Waals surface area contributed by atoms with Crippen molar-refractivity contribution in [2.75, 3.05) is 11.5 Å². The minimum atomic E-state index is -1.17. The molecule has 6 nitrogen and oxygen atoms in total. The SMILES string of the molecule is Nc1cccc(-c2ccc(N)c(C(=O)O)n2)n1. The highest BCUT2D eigenvalue weighted by Crippen LogP contribution is 2.19. The van der Waals surface area contributed by atoms with E-state index in [0.29, 0.717) is 17.2 Å². The highest BCUT2D eigenvalue weighted by molar-refractivity contribution is 5.92. The van der Waals surface area contributed by atoms with E-state index in [-0.39, 0.29) is 11.4 Å². The van der Waals surface area contributed by atoms with Crippen LogP contribution in [0.5, 0.6) is 0 Å². The maximum atomic E-state index is 10.9. The van der Waals surface area contributed by atoms with Gasteiger partial charge in [-0.1, -0.05) is 6.07 Å². The smallest absolute Gasteiger partial charge is 0.356 e. The van der Waals surface area contributed by atoms with E-state index in [2.05, 4.69) is 9.97 Å². The molecule has 0 aliphatic carbocycles. The van der Waals surface area contributed by atoms with E-state index in [9.17, 15) is 4.79 Å². The largest absolute Gasteiger partial charge is 0.476 e. The Balaban J connectivity index is 2.54. The van der Waals surface area contributed by atoms with Crippen molar-refractivity contribution in [1.29, 1.82) is 0 Å². The highest BCUT2D eigenvalue weighted by atomic mass is 16.4. The van der Waals surface area contributed by atoms with Crippen LogP contribution in [0.1, 0.15) is 10.5 Å². The molecule has 2 aromatic rings. The lowest BCUT2D eigenvalue weighted by Gasteiger charge is -2.04. The Bertz CT molecular complexity index is 583. The Kier molecular flexibility index (Phi) is 2.61. The van der Waals surface area contributed by atoms with Gasteiger partial charge in [-0.05, 0) is 24.3 Å². The molecule has 0 saturated heterocycles. The summed E-state index contributed by atoms with van der Waals surface area (Å²) in [6.07, 6.45) is 0. The quantitative estimate of drug-likeness (QED) is 0.709. The molecule has 2 rings (SSSR count). The van der Waals surface area contributed by atoms with Gasteiger partial charge in [0.1, 0.15) is 5.82 Å². The number of nitrogen functional groups attached to an aromatic ring is 2. The maximum Gasteiger partial charge on any atom is 0.356 e. The molecule has 0 aliphatic heterocycles. The van der Waals surface area contributed by atoms with Crippen molar-refractivity contribution in [1.82, 2.24) is 9.97 Å². The maximum absolute atomic E-state index is 10.9. The molecule has 17 heavy (non-hydrogen) atoms. The van der Waals surface area contributed by atoms with Crippen LogP contribution in [0.4, 0.5) is 11.5 Å². The van der Waals surface area contributed by atoms with Crippen LogP contribution < -0.4 is 11.5 Å². The molecular weight excluding hydrogens is 220 g/mol. The minimum Gasteiger partial charge on any atom is -0.476 e. The summed E-state index contributed by atoms with van der Waals surface area (Å²) < 4.78 is 0. The standard InChI is InChI=1S/C11H10N4O2/c12-6-4-5-8(15-10(6)11(16)17)7-2-1-3-9(13)14-7/h1-5H,12H2,(H2,13,14)(H,16,17). The van der Waals surface area contributed by atoms with E-state index in [0.717, 1.165) is 0 Å². The molecule has 0 fully saturated rings. The summed E-state index contributed by atoms with van der Waals surface area (Å²) in [5.74, 6) is -0.828. The third-order valence-corrected chi connectivity index (χ3v) is 2.16. The average molecular weight is 230 g/mol. The summed E-state index contributed by atoms with van der Waals surface area (Å²) in [6.45, 7) is 0. The molecule has 86 valence electrons. The van der Waals surface area contributed by atoms with Crippen LogP contribution in [0.3, 0.4) is 0 Å². The van der Waals surface area contributed by atoms with Crippen molar-refractivity contribution in [3.8, 4) is 11.4 Å². The van der Waals surface area contributed by atoms with Crippen LogP contribution in [-0.4, -0.2) is 21.0 Å². The molecule has 0 amide bonds. The summed E-state index contributed by atoms with van der Waals surface area (Å²) in [7, 11) is 0. The van der Waals surface area contributed by atoms with Gasteiger partial charge in [0.25, 0.3) is 0 Å². The van der Waals surface area contributed by atoms with Crippen LogP contribution >= 0.6 is 0 Å². The van der Waals surface area contributed by atoms with Crippen molar-refractivity contribution in [3.05, 3.63) is 36.0 Å². The summed E-state index contributed by atoms with van der Waals surface area (Å²) >= 11 is 0. The number of aromatic nitrogens is 2. The van der Waals surface area contributed by atoms with E-state index in [1.807, 2.05) is 0 Å². The zero-order valence-electron chi connectivity index (χ0n) is 8.79. The van der Waals surface area contributed by atoms with E-state index in [1.165, 1.54) is 6.07 Å². The van der Waals surface area contributed by atoms with Gasteiger partial charge >= 0.3 is 5.97 Å². The predicted molar refractivity (Wildman–Crippen MR) is 63.3 cm³/mol.